The first-order chi connectivity index (χ1) is 14.1. The average Bonchev–Trinajstić information content (AvgIpc) is 3.48. The summed E-state index contributed by atoms with van der Waals surface area (Å²) >= 11 is 0. The van der Waals surface area contributed by atoms with Crippen LogP contribution >= 0.6 is 0 Å². The molecule has 170 valence electrons. The molecular formula is C28H46O2. The van der Waals surface area contributed by atoms with Crippen molar-refractivity contribution in [2.75, 3.05) is 0 Å². The highest BCUT2D eigenvalue weighted by atomic mass is 16.3. The van der Waals surface area contributed by atoms with Gasteiger partial charge in [0.25, 0.3) is 0 Å². The summed E-state index contributed by atoms with van der Waals surface area (Å²) in [5.41, 5.74) is 1.94. The molecule has 0 aromatic rings. The second-order valence-corrected chi connectivity index (χ2v) is 13.1. The molecule has 0 aromatic carbocycles. The molecular weight excluding hydrogens is 368 g/mol. The second-order valence-electron chi connectivity index (χ2n) is 13.1. The maximum atomic E-state index is 10.7. The van der Waals surface area contributed by atoms with E-state index in [1.54, 1.807) is 5.57 Å². The topological polar surface area (TPSA) is 40.5 Å². The van der Waals surface area contributed by atoms with Crippen molar-refractivity contribution >= 4 is 0 Å². The van der Waals surface area contributed by atoms with Gasteiger partial charge < -0.3 is 10.2 Å². The summed E-state index contributed by atoms with van der Waals surface area (Å²) < 4.78 is 0. The number of hydrogen-bond donors (Lipinski definition) is 2. The third-order valence-corrected chi connectivity index (χ3v) is 11.2. The highest BCUT2D eigenvalue weighted by Crippen LogP contribution is 2.67. The van der Waals surface area contributed by atoms with Crippen molar-refractivity contribution in [3.05, 3.63) is 11.6 Å². The Labute approximate surface area is 184 Å². The van der Waals surface area contributed by atoms with Crippen LogP contribution in [0.15, 0.2) is 11.6 Å². The predicted molar refractivity (Wildman–Crippen MR) is 123 cm³/mol. The van der Waals surface area contributed by atoms with Gasteiger partial charge in [0.15, 0.2) is 0 Å². The first kappa shape index (κ1) is 21.5. The molecule has 0 aromatic heterocycles. The van der Waals surface area contributed by atoms with Crippen LogP contribution in [0.25, 0.3) is 0 Å². The molecule has 2 heteroatoms. The van der Waals surface area contributed by atoms with E-state index in [0.717, 1.165) is 48.9 Å². The van der Waals surface area contributed by atoms with Crippen molar-refractivity contribution < 1.29 is 10.2 Å². The molecule has 1 unspecified atom stereocenters. The molecule has 4 saturated carbocycles. The number of rotatable bonds is 5. The minimum atomic E-state index is -0.486. The monoisotopic (exact) mass is 414 g/mol. The second kappa shape index (κ2) is 7.34. The van der Waals surface area contributed by atoms with Gasteiger partial charge in [0.1, 0.15) is 0 Å². The Bertz CT molecular complexity index is 691. The Morgan fingerprint density at radius 2 is 1.73 bits per heavy atom. The maximum Gasteiger partial charge on any atom is 0.0657 e. The van der Waals surface area contributed by atoms with E-state index in [1.807, 2.05) is 6.92 Å². The standard InChI is InChI=1S/C28H46O2/c1-18(5-12-25(29)19-6-7-19)22-10-11-23-21-9-8-20-17-26(2,30)15-16-27(20,3)24(21)13-14-28(22,23)4/h8,18-19,21-25,29-30H,5-7,9-17H2,1-4H3/t18-,21+,22-,23+,24+,25?,26+,27+,28-/m1/s1. The van der Waals surface area contributed by atoms with Crippen LogP contribution in [0.4, 0.5) is 0 Å². The predicted octanol–water partition coefficient (Wildman–Crippen LogP) is 6.50. The van der Waals surface area contributed by atoms with Gasteiger partial charge in [-0.1, -0.05) is 32.4 Å². The third-order valence-electron chi connectivity index (χ3n) is 11.2. The van der Waals surface area contributed by atoms with Crippen LogP contribution in [-0.2, 0) is 0 Å². The molecule has 0 radical (unpaired) electrons. The molecule has 9 atom stereocenters. The van der Waals surface area contributed by atoms with E-state index in [0.29, 0.717) is 16.7 Å². The van der Waals surface area contributed by atoms with Crippen LogP contribution in [0, 0.1) is 46.3 Å². The number of aliphatic hydroxyl groups is 2. The lowest BCUT2D eigenvalue weighted by molar-refractivity contribution is -0.0709. The minimum Gasteiger partial charge on any atom is -0.393 e. The summed E-state index contributed by atoms with van der Waals surface area (Å²) in [6.07, 6.45) is 17.2. The van der Waals surface area contributed by atoms with Crippen LogP contribution in [0.2, 0.25) is 0 Å². The number of allylic oxidation sites excluding steroid dienone is 1. The van der Waals surface area contributed by atoms with E-state index in [1.165, 1.54) is 57.8 Å². The van der Waals surface area contributed by atoms with E-state index in [-0.39, 0.29) is 6.10 Å². The third kappa shape index (κ3) is 3.43. The summed E-state index contributed by atoms with van der Waals surface area (Å²) in [7, 11) is 0. The van der Waals surface area contributed by atoms with E-state index < -0.39 is 5.60 Å². The molecule has 5 rings (SSSR count). The fourth-order valence-corrected chi connectivity index (χ4v) is 9.13. The van der Waals surface area contributed by atoms with E-state index in [2.05, 4.69) is 26.8 Å². The number of fused-ring (bicyclic) bond motifs is 5. The lowest BCUT2D eigenvalue weighted by atomic mass is 9.46. The van der Waals surface area contributed by atoms with Gasteiger partial charge in [-0.05, 0) is 130 Å². The van der Waals surface area contributed by atoms with Crippen molar-refractivity contribution in [2.24, 2.45) is 46.3 Å². The van der Waals surface area contributed by atoms with E-state index in [9.17, 15) is 10.2 Å². The zero-order chi connectivity index (χ0) is 21.3. The van der Waals surface area contributed by atoms with Gasteiger partial charge in [0.05, 0.1) is 11.7 Å². The molecule has 0 amide bonds. The molecule has 0 bridgehead atoms. The van der Waals surface area contributed by atoms with Crippen LogP contribution in [-0.4, -0.2) is 21.9 Å². The number of aliphatic hydroxyl groups excluding tert-OH is 1. The fourth-order valence-electron chi connectivity index (χ4n) is 9.13. The van der Waals surface area contributed by atoms with Gasteiger partial charge in [-0.3, -0.25) is 0 Å². The van der Waals surface area contributed by atoms with E-state index in [4.69, 9.17) is 0 Å². The molecule has 2 N–H and O–H groups in total. The molecule has 30 heavy (non-hydrogen) atoms. The molecule has 5 aliphatic rings. The zero-order valence-electron chi connectivity index (χ0n) is 20.0. The average molecular weight is 415 g/mol. The Morgan fingerprint density at radius 1 is 0.967 bits per heavy atom. The Morgan fingerprint density at radius 3 is 2.47 bits per heavy atom. The lowest BCUT2D eigenvalue weighted by Crippen LogP contribution is -2.52. The highest BCUT2D eigenvalue weighted by Gasteiger charge is 2.59. The largest absolute Gasteiger partial charge is 0.393 e. The van der Waals surface area contributed by atoms with Crippen LogP contribution < -0.4 is 0 Å². The van der Waals surface area contributed by atoms with Gasteiger partial charge in [0.2, 0.25) is 0 Å². The van der Waals surface area contributed by atoms with Gasteiger partial charge >= 0.3 is 0 Å². The van der Waals surface area contributed by atoms with Crippen molar-refractivity contribution in [3.63, 3.8) is 0 Å². The molecule has 4 fully saturated rings. The van der Waals surface area contributed by atoms with Crippen LogP contribution in [0.1, 0.15) is 105 Å². The molecule has 0 saturated heterocycles. The van der Waals surface area contributed by atoms with Crippen molar-refractivity contribution in [1.82, 2.24) is 0 Å². The van der Waals surface area contributed by atoms with Crippen LogP contribution in [0.5, 0.6) is 0 Å². The quantitative estimate of drug-likeness (QED) is 0.504. The summed E-state index contributed by atoms with van der Waals surface area (Å²) in [5.74, 6) is 4.79. The normalized spacial score (nSPS) is 50.1. The Hall–Kier alpha value is -0.340. The molecule has 2 nitrogen and oxygen atoms in total. The van der Waals surface area contributed by atoms with Crippen molar-refractivity contribution in [2.45, 2.75) is 116 Å². The smallest absolute Gasteiger partial charge is 0.0657 e. The van der Waals surface area contributed by atoms with Crippen molar-refractivity contribution in [3.8, 4) is 0 Å². The lowest BCUT2D eigenvalue weighted by Gasteiger charge is -2.59. The van der Waals surface area contributed by atoms with Gasteiger partial charge in [-0.15, -0.1) is 0 Å². The first-order valence-corrected chi connectivity index (χ1v) is 13.2. The van der Waals surface area contributed by atoms with Gasteiger partial charge in [-0.25, -0.2) is 0 Å². The molecule has 0 spiro atoms. The summed E-state index contributed by atoms with van der Waals surface area (Å²) in [6, 6.07) is 0. The van der Waals surface area contributed by atoms with Crippen LogP contribution in [0.3, 0.4) is 0 Å². The zero-order valence-corrected chi connectivity index (χ0v) is 20.0. The minimum absolute atomic E-state index is 0.0291. The maximum absolute atomic E-state index is 10.7. The summed E-state index contributed by atoms with van der Waals surface area (Å²) in [6.45, 7) is 9.72. The molecule has 5 aliphatic carbocycles. The summed E-state index contributed by atoms with van der Waals surface area (Å²) in [5, 5.41) is 21.1. The Kier molecular flexibility index (Phi) is 5.26. The van der Waals surface area contributed by atoms with Gasteiger partial charge in [0, 0.05) is 0 Å². The molecule has 0 aliphatic heterocycles. The highest BCUT2D eigenvalue weighted by molar-refractivity contribution is 5.26. The van der Waals surface area contributed by atoms with Gasteiger partial charge in [-0.2, -0.15) is 0 Å². The summed E-state index contributed by atoms with van der Waals surface area (Å²) in [4.78, 5) is 0. The fraction of sp³-hybridized carbons (Fsp3) is 0.929. The molecule has 0 heterocycles. The number of hydrogen-bond acceptors (Lipinski definition) is 2. The van der Waals surface area contributed by atoms with Crippen molar-refractivity contribution in [1.29, 1.82) is 0 Å². The first-order valence-electron chi connectivity index (χ1n) is 13.2. The Balaban J connectivity index is 1.31. The van der Waals surface area contributed by atoms with E-state index >= 15 is 0 Å². The SMILES string of the molecule is C[C@H](CCC(O)C1CC1)[C@H]1CC[C@H]2[C@@H]3CC=C4C[C@@](C)(O)CC[C@]4(C)[C@H]3CC[C@]12C.